The van der Waals surface area contributed by atoms with Crippen molar-refractivity contribution in [1.29, 1.82) is 0 Å². The van der Waals surface area contributed by atoms with E-state index in [0.29, 0.717) is 19.7 Å². The number of ether oxygens (including phenoxy) is 3. The van der Waals surface area contributed by atoms with Gasteiger partial charge in [0.25, 0.3) is 0 Å². The first-order valence-electron chi connectivity index (χ1n) is 12.0. The smallest absolute Gasteiger partial charge is 0.161 e. The summed E-state index contributed by atoms with van der Waals surface area (Å²) in [6, 6.07) is 14.2. The summed E-state index contributed by atoms with van der Waals surface area (Å²) in [5.74, 6) is 2.40. The molecule has 7 nitrogen and oxygen atoms in total. The standard InChI is InChI=1S/C27H41N3O4/c1-28(2)14-6-16-34-25-12-9-23(17-26(25)33-5)19-30-15-13-27(31,21-30)20-29(3)18-22-7-10-24(32-4)11-8-22/h7-12,17,31H,6,13-16,18-21H2,1-5H3/t27-/m0/s1. The normalized spacial score (nSPS) is 18.6. The maximum atomic E-state index is 11.2. The van der Waals surface area contributed by atoms with E-state index in [1.54, 1.807) is 14.2 Å². The van der Waals surface area contributed by atoms with Crippen LogP contribution in [-0.2, 0) is 13.1 Å². The molecule has 0 saturated carbocycles. The molecule has 0 bridgehead atoms. The summed E-state index contributed by atoms with van der Waals surface area (Å²) < 4.78 is 16.7. The molecule has 7 heteroatoms. The molecular formula is C27H41N3O4. The molecule has 1 fully saturated rings. The molecule has 0 spiro atoms. The van der Waals surface area contributed by atoms with Crippen molar-refractivity contribution < 1.29 is 19.3 Å². The second-order valence-corrected chi connectivity index (χ2v) is 9.70. The number of aliphatic hydroxyl groups is 1. The van der Waals surface area contributed by atoms with Crippen LogP contribution in [0.25, 0.3) is 0 Å². The third kappa shape index (κ3) is 7.87. The number of β-amino-alcohol motifs (C(OH)–C–C–N with tert-alkyl or cyclic N) is 1. The second kappa shape index (κ2) is 12.4. The predicted molar refractivity (Wildman–Crippen MR) is 136 cm³/mol. The van der Waals surface area contributed by atoms with E-state index in [2.05, 4.69) is 60.1 Å². The average molecular weight is 472 g/mol. The Balaban J connectivity index is 1.50. The highest BCUT2D eigenvalue weighted by molar-refractivity contribution is 5.43. The van der Waals surface area contributed by atoms with Gasteiger partial charge in [-0.05, 0) is 69.4 Å². The molecule has 188 valence electrons. The largest absolute Gasteiger partial charge is 0.497 e. The number of hydrogen-bond acceptors (Lipinski definition) is 7. The Morgan fingerprint density at radius 2 is 1.71 bits per heavy atom. The second-order valence-electron chi connectivity index (χ2n) is 9.70. The van der Waals surface area contributed by atoms with Crippen molar-refractivity contribution in [3.05, 3.63) is 53.6 Å². The summed E-state index contributed by atoms with van der Waals surface area (Å²) in [5.41, 5.74) is 1.66. The highest BCUT2D eigenvalue weighted by Crippen LogP contribution is 2.30. The third-order valence-electron chi connectivity index (χ3n) is 6.23. The van der Waals surface area contributed by atoms with E-state index in [9.17, 15) is 5.11 Å². The molecule has 1 aliphatic rings. The van der Waals surface area contributed by atoms with Gasteiger partial charge in [0.2, 0.25) is 0 Å². The van der Waals surface area contributed by atoms with Crippen LogP contribution in [0.4, 0.5) is 0 Å². The van der Waals surface area contributed by atoms with Gasteiger partial charge in [0.1, 0.15) is 5.75 Å². The fourth-order valence-electron chi connectivity index (χ4n) is 4.56. The molecular weight excluding hydrogens is 430 g/mol. The zero-order chi connectivity index (χ0) is 24.6. The lowest BCUT2D eigenvalue weighted by atomic mass is 10.0. The zero-order valence-corrected chi connectivity index (χ0v) is 21.4. The van der Waals surface area contributed by atoms with Gasteiger partial charge in [-0.1, -0.05) is 18.2 Å². The molecule has 1 saturated heterocycles. The highest BCUT2D eigenvalue weighted by Gasteiger charge is 2.36. The fraction of sp³-hybridized carbons (Fsp3) is 0.556. The number of benzene rings is 2. The molecule has 34 heavy (non-hydrogen) atoms. The maximum Gasteiger partial charge on any atom is 0.161 e. The molecule has 1 N–H and O–H groups in total. The lowest BCUT2D eigenvalue weighted by molar-refractivity contribution is 0.0162. The SMILES string of the molecule is COc1ccc(CN(C)C[C@@]2(O)CCN(Cc3ccc(OCCCN(C)C)c(OC)c3)C2)cc1. The molecule has 2 aromatic rings. The topological polar surface area (TPSA) is 57.6 Å². The van der Waals surface area contributed by atoms with Gasteiger partial charge in [0.15, 0.2) is 11.5 Å². The summed E-state index contributed by atoms with van der Waals surface area (Å²) in [5, 5.41) is 11.2. The van der Waals surface area contributed by atoms with Gasteiger partial charge in [-0.15, -0.1) is 0 Å². The predicted octanol–water partition coefficient (Wildman–Crippen LogP) is 3.10. The van der Waals surface area contributed by atoms with Crippen LogP contribution in [0.3, 0.4) is 0 Å². The Bertz CT molecular complexity index is 890. The van der Waals surface area contributed by atoms with E-state index in [1.807, 2.05) is 18.2 Å². The molecule has 0 amide bonds. The molecule has 0 unspecified atom stereocenters. The molecule has 1 heterocycles. The third-order valence-corrected chi connectivity index (χ3v) is 6.23. The number of methoxy groups -OCH3 is 2. The summed E-state index contributed by atoms with van der Waals surface area (Å²) in [6.07, 6.45) is 1.74. The first kappa shape index (κ1) is 26.3. The van der Waals surface area contributed by atoms with Crippen LogP contribution in [0.15, 0.2) is 42.5 Å². The summed E-state index contributed by atoms with van der Waals surface area (Å²) in [4.78, 5) is 6.65. The fourth-order valence-corrected chi connectivity index (χ4v) is 4.56. The number of likely N-dealkylation sites (N-methyl/N-ethyl adjacent to an activating group) is 1. The van der Waals surface area contributed by atoms with Gasteiger partial charge in [0, 0.05) is 39.3 Å². The molecule has 1 aliphatic heterocycles. The number of hydrogen-bond donors (Lipinski definition) is 1. The van der Waals surface area contributed by atoms with Crippen LogP contribution in [0, 0.1) is 0 Å². The van der Waals surface area contributed by atoms with E-state index in [4.69, 9.17) is 14.2 Å². The first-order chi connectivity index (χ1) is 16.3. The van der Waals surface area contributed by atoms with E-state index in [-0.39, 0.29) is 0 Å². The van der Waals surface area contributed by atoms with Crippen molar-refractivity contribution in [2.24, 2.45) is 0 Å². The average Bonchev–Trinajstić information content (AvgIpc) is 3.17. The Labute approximate surface area is 204 Å². The van der Waals surface area contributed by atoms with Crippen molar-refractivity contribution >= 4 is 0 Å². The van der Waals surface area contributed by atoms with E-state index in [0.717, 1.165) is 61.8 Å². The minimum atomic E-state index is -0.708. The lowest BCUT2D eigenvalue weighted by Gasteiger charge is -2.29. The van der Waals surface area contributed by atoms with E-state index >= 15 is 0 Å². The maximum absolute atomic E-state index is 11.2. The van der Waals surface area contributed by atoms with Crippen LogP contribution in [0.5, 0.6) is 17.2 Å². The van der Waals surface area contributed by atoms with Crippen molar-refractivity contribution in [2.45, 2.75) is 31.5 Å². The van der Waals surface area contributed by atoms with Crippen LogP contribution in [-0.4, -0.2) is 93.6 Å². The Kier molecular flexibility index (Phi) is 9.59. The van der Waals surface area contributed by atoms with Crippen LogP contribution in [0.2, 0.25) is 0 Å². The van der Waals surface area contributed by atoms with E-state index < -0.39 is 5.60 Å². The number of rotatable bonds is 13. The minimum absolute atomic E-state index is 0.637. The molecule has 0 aromatic heterocycles. The van der Waals surface area contributed by atoms with Crippen molar-refractivity contribution in [3.8, 4) is 17.2 Å². The molecule has 2 aromatic carbocycles. The molecule has 3 rings (SSSR count). The quantitative estimate of drug-likeness (QED) is 0.451. The van der Waals surface area contributed by atoms with Gasteiger partial charge in [0.05, 0.1) is 26.4 Å². The van der Waals surface area contributed by atoms with Crippen molar-refractivity contribution in [3.63, 3.8) is 0 Å². The van der Waals surface area contributed by atoms with Crippen molar-refractivity contribution in [2.75, 3.05) is 68.1 Å². The Morgan fingerprint density at radius 3 is 2.38 bits per heavy atom. The van der Waals surface area contributed by atoms with Crippen molar-refractivity contribution in [1.82, 2.24) is 14.7 Å². The highest BCUT2D eigenvalue weighted by atomic mass is 16.5. The summed E-state index contributed by atoms with van der Waals surface area (Å²) in [7, 11) is 9.54. The van der Waals surface area contributed by atoms with Gasteiger partial charge >= 0.3 is 0 Å². The molecule has 1 atom stereocenters. The first-order valence-corrected chi connectivity index (χ1v) is 12.0. The molecule has 0 aliphatic carbocycles. The number of likely N-dealkylation sites (tertiary alicyclic amines) is 1. The van der Waals surface area contributed by atoms with Gasteiger partial charge in [-0.2, -0.15) is 0 Å². The van der Waals surface area contributed by atoms with Crippen LogP contribution in [0.1, 0.15) is 24.0 Å². The summed E-state index contributed by atoms with van der Waals surface area (Å²) >= 11 is 0. The number of nitrogens with zero attached hydrogens (tertiary/aromatic N) is 3. The monoisotopic (exact) mass is 471 g/mol. The van der Waals surface area contributed by atoms with E-state index in [1.165, 1.54) is 5.56 Å². The van der Waals surface area contributed by atoms with Gasteiger partial charge < -0.3 is 24.2 Å². The van der Waals surface area contributed by atoms with Gasteiger partial charge in [-0.25, -0.2) is 0 Å². The van der Waals surface area contributed by atoms with Crippen LogP contribution < -0.4 is 14.2 Å². The Morgan fingerprint density at radius 1 is 0.971 bits per heavy atom. The van der Waals surface area contributed by atoms with Gasteiger partial charge in [-0.3, -0.25) is 9.80 Å². The lowest BCUT2D eigenvalue weighted by Crippen LogP contribution is -2.43. The molecule has 0 radical (unpaired) electrons. The Hall–Kier alpha value is -2.32. The summed E-state index contributed by atoms with van der Waals surface area (Å²) in [6.45, 7) is 5.40. The zero-order valence-electron chi connectivity index (χ0n) is 21.4. The minimum Gasteiger partial charge on any atom is -0.497 e. The van der Waals surface area contributed by atoms with Crippen LogP contribution >= 0.6 is 0 Å².